The Balaban J connectivity index is 3.42. The summed E-state index contributed by atoms with van der Waals surface area (Å²) in [5, 5.41) is 11.8. The van der Waals surface area contributed by atoms with Gasteiger partial charge >= 0.3 is 0 Å². The van der Waals surface area contributed by atoms with Crippen LogP contribution in [-0.2, 0) is 4.79 Å². The molecule has 0 aromatic carbocycles. The molecule has 2 N–H and O–H groups in total. The van der Waals surface area contributed by atoms with Crippen LogP contribution in [0.15, 0.2) is 12.7 Å². The Morgan fingerprint density at radius 3 is 2.64 bits per heavy atom. The van der Waals surface area contributed by atoms with Gasteiger partial charge in [0, 0.05) is 6.54 Å². The van der Waals surface area contributed by atoms with Crippen LogP contribution >= 0.6 is 0 Å². The molecule has 0 aliphatic rings. The summed E-state index contributed by atoms with van der Waals surface area (Å²) in [6.45, 7) is 7.18. The van der Waals surface area contributed by atoms with E-state index in [1.54, 1.807) is 13.8 Å². The van der Waals surface area contributed by atoms with Gasteiger partial charge in [-0.3, -0.25) is 4.79 Å². The Hall–Kier alpha value is -0.830. The van der Waals surface area contributed by atoms with Gasteiger partial charge in [-0.1, -0.05) is 6.58 Å². The van der Waals surface area contributed by atoms with Crippen molar-refractivity contribution in [2.45, 2.75) is 25.9 Å². The van der Waals surface area contributed by atoms with Crippen molar-refractivity contribution < 1.29 is 9.90 Å². The van der Waals surface area contributed by atoms with Crippen molar-refractivity contribution in [3.63, 3.8) is 0 Å². The van der Waals surface area contributed by atoms with Crippen molar-refractivity contribution in [1.82, 2.24) is 5.32 Å². The van der Waals surface area contributed by atoms with Gasteiger partial charge in [-0.05, 0) is 26.3 Å². The van der Waals surface area contributed by atoms with E-state index < -0.39 is 5.60 Å². The lowest BCUT2D eigenvalue weighted by molar-refractivity contribution is -0.116. The van der Waals surface area contributed by atoms with E-state index in [1.165, 1.54) is 6.08 Å². The predicted molar refractivity (Wildman–Crippen MR) is 44.1 cm³/mol. The third-order valence-corrected chi connectivity index (χ3v) is 1.22. The zero-order chi connectivity index (χ0) is 8.91. The Morgan fingerprint density at radius 2 is 2.27 bits per heavy atom. The highest BCUT2D eigenvalue weighted by Gasteiger charge is 2.11. The molecule has 0 saturated heterocycles. The van der Waals surface area contributed by atoms with Gasteiger partial charge in [-0.25, -0.2) is 0 Å². The fraction of sp³-hybridized carbons (Fsp3) is 0.625. The molecule has 0 aromatic heterocycles. The topological polar surface area (TPSA) is 49.3 Å². The molecule has 0 aliphatic carbocycles. The summed E-state index contributed by atoms with van der Waals surface area (Å²) in [7, 11) is 0. The number of carbonyl (C=O) groups is 1. The highest BCUT2D eigenvalue weighted by atomic mass is 16.3. The van der Waals surface area contributed by atoms with Crippen LogP contribution < -0.4 is 5.32 Å². The summed E-state index contributed by atoms with van der Waals surface area (Å²) >= 11 is 0. The van der Waals surface area contributed by atoms with Gasteiger partial charge in [0.2, 0.25) is 5.91 Å². The van der Waals surface area contributed by atoms with E-state index in [0.29, 0.717) is 13.0 Å². The molecule has 0 radical (unpaired) electrons. The van der Waals surface area contributed by atoms with E-state index in [2.05, 4.69) is 11.9 Å². The lowest BCUT2D eigenvalue weighted by atomic mass is 10.1. The van der Waals surface area contributed by atoms with Crippen LogP contribution in [0.3, 0.4) is 0 Å². The molecule has 3 heteroatoms. The molecular weight excluding hydrogens is 142 g/mol. The summed E-state index contributed by atoms with van der Waals surface area (Å²) in [4.78, 5) is 10.6. The van der Waals surface area contributed by atoms with E-state index in [1.807, 2.05) is 0 Å². The highest BCUT2D eigenvalue weighted by Crippen LogP contribution is 2.04. The van der Waals surface area contributed by atoms with E-state index >= 15 is 0 Å². The molecule has 3 nitrogen and oxygen atoms in total. The first-order valence-corrected chi connectivity index (χ1v) is 3.58. The lowest BCUT2D eigenvalue weighted by Gasteiger charge is -2.16. The molecule has 0 aliphatic heterocycles. The fourth-order valence-corrected chi connectivity index (χ4v) is 0.564. The van der Waals surface area contributed by atoms with Crippen molar-refractivity contribution in [1.29, 1.82) is 0 Å². The number of hydrogen-bond acceptors (Lipinski definition) is 2. The second kappa shape index (κ2) is 4.13. The van der Waals surface area contributed by atoms with Crippen molar-refractivity contribution >= 4 is 5.91 Å². The van der Waals surface area contributed by atoms with Crippen LogP contribution in [0.1, 0.15) is 20.3 Å². The maximum atomic E-state index is 10.6. The molecule has 0 bridgehead atoms. The standard InChI is InChI=1S/C8H15NO2/c1-4-7(10)9-6-5-8(2,3)11/h4,11H,1,5-6H2,2-3H3,(H,9,10). The van der Waals surface area contributed by atoms with Crippen molar-refractivity contribution in [2.24, 2.45) is 0 Å². The van der Waals surface area contributed by atoms with Crippen LogP contribution in [0.5, 0.6) is 0 Å². The summed E-state index contributed by atoms with van der Waals surface area (Å²) in [5.74, 6) is -0.200. The number of rotatable bonds is 4. The quantitative estimate of drug-likeness (QED) is 0.582. The summed E-state index contributed by atoms with van der Waals surface area (Å²) in [5.41, 5.74) is -0.714. The average Bonchev–Trinajstić information content (AvgIpc) is 1.85. The second-order valence-corrected chi connectivity index (χ2v) is 3.06. The maximum absolute atomic E-state index is 10.6. The summed E-state index contributed by atoms with van der Waals surface area (Å²) in [6, 6.07) is 0. The second-order valence-electron chi connectivity index (χ2n) is 3.06. The number of carbonyl (C=O) groups excluding carboxylic acids is 1. The molecule has 0 aromatic rings. The van der Waals surface area contributed by atoms with Crippen LogP contribution in [0, 0.1) is 0 Å². The van der Waals surface area contributed by atoms with Crippen LogP contribution in [0.2, 0.25) is 0 Å². The maximum Gasteiger partial charge on any atom is 0.243 e. The molecule has 1 amide bonds. The number of nitrogens with one attached hydrogen (secondary N) is 1. The normalized spacial score (nSPS) is 10.8. The Morgan fingerprint density at radius 1 is 1.73 bits per heavy atom. The molecule has 0 rings (SSSR count). The third-order valence-electron chi connectivity index (χ3n) is 1.22. The minimum Gasteiger partial charge on any atom is -0.390 e. The third kappa shape index (κ3) is 7.06. The SMILES string of the molecule is C=CC(=O)NCCC(C)(C)O. The van der Waals surface area contributed by atoms with Gasteiger partial charge in [-0.15, -0.1) is 0 Å². The van der Waals surface area contributed by atoms with Crippen molar-refractivity contribution in [2.75, 3.05) is 6.54 Å². The van der Waals surface area contributed by atoms with E-state index in [-0.39, 0.29) is 5.91 Å². The van der Waals surface area contributed by atoms with Crippen LogP contribution in [-0.4, -0.2) is 23.2 Å². The smallest absolute Gasteiger partial charge is 0.243 e. The molecular formula is C8H15NO2. The molecule has 0 fully saturated rings. The summed E-state index contributed by atoms with van der Waals surface area (Å²) < 4.78 is 0. The first kappa shape index (κ1) is 10.2. The largest absolute Gasteiger partial charge is 0.390 e. The highest BCUT2D eigenvalue weighted by molar-refractivity contribution is 5.86. The molecule has 64 valence electrons. The molecule has 0 spiro atoms. The molecule has 0 unspecified atom stereocenters. The van der Waals surface area contributed by atoms with Gasteiger partial charge in [0.25, 0.3) is 0 Å². The Kier molecular flexibility index (Phi) is 3.82. The predicted octanol–water partition coefficient (Wildman–Crippen LogP) is 0.450. The van der Waals surface area contributed by atoms with Gasteiger partial charge in [-0.2, -0.15) is 0 Å². The first-order chi connectivity index (χ1) is 4.95. The fourth-order valence-electron chi connectivity index (χ4n) is 0.564. The van der Waals surface area contributed by atoms with Gasteiger partial charge in [0.15, 0.2) is 0 Å². The lowest BCUT2D eigenvalue weighted by Crippen LogP contribution is -2.29. The molecule has 11 heavy (non-hydrogen) atoms. The van der Waals surface area contributed by atoms with Gasteiger partial charge in [0.1, 0.15) is 0 Å². The zero-order valence-electron chi connectivity index (χ0n) is 7.05. The number of hydrogen-bond donors (Lipinski definition) is 2. The Labute approximate surface area is 67.1 Å². The molecule has 0 heterocycles. The first-order valence-electron chi connectivity index (χ1n) is 3.58. The van der Waals surface area contributed by atoms with E-state index in [9.17, 15) is 9.90 Å². The van der Waals surface area contributed by atoms with Crippen molar-refractivity contribution in [3.05, 3.63) is 12.7 Å². The van der Waals surface area contributed by atoms with Crippen LogP contribution in [0.4, 0.5) is 0 Å². The van der Waals surface area contributed by atoms with Crippen LogP contribution in [0.25, 0.3) is 0 Å². The molecule has 0 atom stereocenters. The number of amides is 1. The van der Waals surface area contributed by atoms with Gasteiger partial charge < -0.3 is 10.4 Å². The minimum absolute atomic E-state index is 0.200. The average molecular weight is 157 g/mol. The monoisotopic (exact) mass is 157 g/mol. The molecule has 0 saturated carbocycles. The van der Waals surface area contributed by atoms with Gasteiger partial charge in [0.05, 0.1) is 5.60 Å². The van der Waals surface area contributed by atoms with Crippen molar-refractivity contribution in [3.8, 4) is 0 Å². The van der Waals surface area contributed by atoms with E-state index in [4.69, 9.17) is 0 Å². The number of aliphatic hydroxyl groups is 1. The Bertz CT molecular complexity index is 147. The zero-order valence-corrected chi connectivity index (χ0v) is 7.05. The minimum atomic E-state index is -0.714. The summed E-state index contributed by atoms with van der Waals surface area (Å²) in [6.07, 6.45) is 1.76. The van der Waals surface area contributed by atoms with E-state index in [0.717, 1.165) is 0 Å².